The predicted octanol–water partition coefficient (Wildman–Crippen LogP) is 2.11. The molecule has 0 aliphatic carbocycles. The van der Waals surface area contributed by atoms with E-state index >= 15 is 0 Å². The number of aliphatic carboxylic acids is 1. The third-order valence-electron chi connectivity index (χ3n) is 4.85. The Morgan fingerprint density at radius 1 is 1.40 bits per heavy atom. The fourth-order valence-corrected chi connectivity index (χ4v) is 3.53. The Morgan fingerprint density at radius 3 is 2.92 bits per heavy atom. The summed E-state index contributed by atoms with van der Waals surface area (Å²) in [5.41, 5.74) is 2.22. The number of hydrogen-bond donors (Lipinski definition) is 2. The number of carboxylic acid groups (broad SMARTS) is 1. The second-order valence-corrected chi connectivity index (χ2v) is 6.64. The van der Waals surface area contributed by atoms with Crippen LogP contribution < -0.4 is 5.32 Å². The lowest BCUT2D eigenvalue weighted by atomic mass is 9.93. The van der Waals surface area contributed by atoms with Gasteiger partial charge in [0, 0.05) is 43.1 Å². The van der Waals surface area contributed by atoms with E-state index in [1.54, 1.807) is 0 Å². The third-order valence-corrected chi connectivity index (χ3v) is 4.85. The molecule has 1 aliphatic heterocycles. The molecule has 25 heavy (non-hydrogen) atoms. The van der Waals surface area contributed by atoms with Crippen LogP contribution >= 0.6 is 0 Å². The van der Waals surface area contributed by atoms with Gasteiger partial charge in [-0.15, -0.1) is 0 Å². The van der Waals surface area contributed by atoms with E-state index in [1.165, 1.54) is 0 Å². The van der Waals surface area contributed by atoms with E-state index in [4.69, 9.17) is 4.74 Å². The molecule has 0 spiro atoms. The Hall–Kier alpha value is -2.34. The van der Waals surface area contributed by atoms with E-state index in [-0.39, 0.29) is 18.2 Å². The molecule has 2 N–H and O–H groups in total. The van der Waals surface area contributed by atoms with Gasteiger partial charge in [0.25, 0.3) is 0 Å². The number of carboxylic acids is 1. The zero-order chi connectivity index (χ0) is 17.8. The van der Waals surface area contributed by atoms with Crippen LogP contribution in [0.5, 0.6) is 0 Å². The average Bonchev–Trinajstić information content (AvgIpc) is 2.95. The molecule has 2 unspecified atom stereocenters. The van der Waals surface area contributed by atoms with Crippen LogP contribution in [0.3, 0.4) is 0 Å². The molecular formula is C19H24N2O4. The molecule has 0 saturated carbocycles. The van der Waals surface area contributed by atoms with Crippen LogP contribution in [0.2, 0.25) is 0 Å². The molecule has 1 aliphatic rings. The van der Waals surface area contributed by atoms with Crippen molar-refractivity contribution in [2.45, 2.75) is 31.7 Å². The Kier molecular flexibility index (Phi) is 5.38. The first-order valence-corrected chi connectivity index (χ1v) is 8.69. The van der Waals surface area contributed by atoms with Crippen LogP contribution in [0.25, 0.3) is 10.9 Å². The number of carbonyl (C=O) groups excluding carboxylic acids is 1. The number of amides is 1. The number of carbonyl (C=O) groups is 2. The average molecular weight is 344 g/mol. The summed E-state index contributed by atoms with van der Waals surface area (Å²) in [5.74, 6) is -1.38. The molecule has 2 heterocycles. The Morgan fingerprint density at radius 2 is 2.20 bits per heavy atom. The number of benzene rings is 1. The van der Waals surface area contributed by atoms with Crippen LogP contribution in [0, 0.1) is 5.92 Å². The van der Waals surface area contributed by atoms with Crippen LogP contribution in [-0.4, -0.2) is 40.8 Å². The number of aryl methyl sites for hydroxylation is 2. The molecule has 3 rings (SSSR count). The van der Waals surface area contributed by atoms with Gasteiger partial charge in [-0.2, -0.15) is 0 Å². The number of hydrogen-bond acceptors (Lipinski definition) is 3. The third kappa shape index (κ3) is 4.02. The fourth-order valence-electron chi connectivity index (χ4n) is 3.53. The molecule has 1 saturated heterocycles. The number of fused-ring (bicyclic) bond motifs is 1. The molecule has 6 heteroatoms. The Labute approximate surface area is 146 Å². The highest BCUT2D eigenvalue weighted by Crippen LogP contribution is 2.22. The summed E-state index contributed by atoms with van der Waals surface area (Å²) >= 11 is 0. The van der Waals surface area contributed by atoms with Crippen molar-refractivity contribution >= 4 is 22.8 Å². The van der Waals surface area contributed by atoms with Gasteiger partial charge < -0.3 is 19.7 Å². The predicted molar refractivity (Wildman–Crippen MR) is 94.3 cm³/mol. The maximum Gasteiger partial charge on any atom is 0.326 e. The first-order valence-electron chi connectivity index (χ1n) is 8.69. The highest BCUT2D eigenvalue weighted by atomic mass is 16.5. The maximum absolute atomic E-state index is 12.3. The smallest absolute Gasteiger partial charge is 0.326 e. The summed E-state index contributed by atoms with van der Waals surface area (Å²) in [7, 11) is 1.98. The van der Waals surface area contributed by atoms with Crippen molar-refractivity contribution in [3.63, 3.8) is 0 Å². The molecule has 6 nitrogen and oxygen atoms in total. The normalized spacial score (nSPS) is 18.8. The molecule has 134 valence electrons. The van der Waals surface area contributed by atoms with E-state index < -0.39 is 12.0 Å². The van der Waals surface area contributed by atoms with Gasteiger partial charge in [-0.25, -0.2) is 4.79 Å². The summed E-state index contributed by atoms with van der Waals surface area (Å²) in [5, 5.41) is 13.2. The van der Waals surface area contributed by atoms with E-state index in [2.05, 4.69) is 5.32 Å². The first kappa shape index (κ1) is 17.5. The summed E-state index contributed by atoms with van der Waals surface area (Å²) in [6.45, 7) is 1.05. The second-order valence-electron chi connectivity index (χ2n) is 6.64. The van der Waals surface area contributed by atoms with Crippen molar-refractivity contribution in [1.29, 1.82) is 0 Å². The van der Waals surface area contributed by atoms with Gasteiger partial charge in [0.2, 0.25) is 5.91 Å². The van der Waals surface area contributed by atoms with Gasteiger partial charge in [-0.1, -0.05) is 18.2 Å². The standard InChI is InChI=1S/C19H24N2O4/c1-21-11-13(15-6-2-3-7-16(15)21)8-9-17(22)20-18(19(23)24)14-5-4-10-25-12-14/h2-3,6-7,11,14,18H,4-5,8-10,12H2,1H3,(H,20,22)(H,23,24). The van der Waals surface area contributed by atoms with E-state index in [1.807, 2.05) is 42.1 Å². The molecule has 0 radical (unpaired) electrons. The second kappa shape index (κ2) is 7.70. The molecule has 1 aromatic heterocycles. The number of nitrogens with one attached hydrogen (secondary N) is 1. The summed E-state index contributed by atoms with van der Waals surface area (Å²) in [4.78, 5) is 23.8. The quantitative estimate of drug-likeness (QED) is 0.841. The van der Waals surface area contributed by atoms with Crippen molar-refractivity contribution in [2.24, 2.45) is 13.0 Å². The molecule has 1 amide bonds. The van der Waals surface area contributed by atoms with Crippen LogP contribution in [0.1, 0.15) is 24.8 Å². The summed E-state index contributed by atoms with van der Waals surface area (Å²) < 4.78 is 7.40. The SMILES string of the molecule is Cn1cc(CCC(=O)NC(C(=O)O)C2CCCOC2)c2ccccc21. The highest BCUT2D eigenvalue weighted by Gasteiger charge is 2.31. The van der Waals surface area contributed by atoms with Gasteiger partial charge in [0.05, 0.1) is 6.61 Å². The monoisotopic (exact) mass is 344 g/mol. The summed E-state index contributed by atoms with van der Waals surface area (Å²) in [6.07, 6.45) is 4.48. The van der Waals surface area contributed by atoms with Gasteiger partial charge >= 0.3 is 5.97 Å². The van der Waals surface area contributed by atoms with E-state index in [9.17, 15) is 14.7 Å². The summed E-state index contributed by atoms with van der Waals surface area (Å²) in [6, 6.07) is 7.18. The number of para-hydroxylation sites is 1. The van der Waals surface area contributed by atoms with Gasteiger partial charge in [-0.05, 0) is 30.9 Å². The molecule has 1 aromatic carbocycles. The Balaban J connectivity index is 1.62. The fraction of sp³-hybridized carbons (Fsp3) is 0.474. The minimum Gasteiger partial charge on any atom is -0.480 e. The highest BCUT2D eigenvalue weighted by molar-refractivity contribution is 5.86. The van der Waals surface area contributed by atoms with Crippen molar-refractivity contribution in [3.05, 3.63) is 36.0 Å². The topological polar surface area (TPSA) is 80.6 Å². The molecule has 2 aromatic rings. The first-order chi connectivity index (χ1) is 12.1. The lowest BCUT2D eigenvalue weighted by Gasteiger charge is -2.28. The maximum atomic E-state index is 12.3. The van der Waals surface area contributed by atoms with Crippen molar-refractivity contribution in [1.82, 2.24) is 9.88 Å². The van der Waals surface area contributed by atoms with Crippen molar-refractivity contribution in [3.8, 4) is 0 Å². The van der Waals surface area contributed by atoms with E-state index in [0.717, 1.165) is 29.3 Å². The molecule has 1 fully saturated rings. The van der Waals surface area contributed by atoms with Crippen LogP contribution in [0.15, 0.2) is 30.5 Å². The Bertz CT molecular complexity index is 762. The van der Waals surface area contributed by atoms with Crippen LogP contribution in [0.4, 0.5) is 0 Å². The lowest BCUT2D eigenvalue weighted by Crippen LogP contribution is -2.48. The number of rotatable bonds is 6. The van der Waals surface area contributed by atoms with Crippen LogP contribution in [-0.2, 0) is 27.8 Å². The zero-order valence-corrected chi connectivity index (χ0v) is 14.4. The minimum absolute atomic E-state index is 0.159. The lowest BCUT2D eigenvalue weighted by molar-refractivity contribution is -0.145. The van der Waals surface area contributed by atoms with Crippen molar-refractivity contribution < 1.29 is 19.4 Å². The number of nitrogens with zero attached hydrogens (tertiary/aromatic N) is 1. The van der Waals surface area contributed by atoms with Gasteiger partial charge in [0.15, 0.2) is 0 Å². The van der Waals surface area contributed by atoms with E-state index in [0.29, 0.717) is 19.6 Å². The van der Waals surface area contributed by atoms with Gasteiger partial charge in [-0.3, -0.25) is 4.79 Å². The zero-order valence-electron chi connectivity index (χ0n) is 14.4. The van der Waals surface area contributed by atoms with Crippen molar-refractivity contribution in [2.75, 3.05) is 13.2 Å². The molecular weight excluding hydrogens is 320 g/mol. The largest absolute Gasteiger partial charge is 0.480 e. The number of aromatic nitrogens is 1. The molecule has 2 atom stereocenters. The van der Waals surface area contributed by atoms with Gasteiger partial charge in [0.1, 0.15) is 6.04 Å². The number of ether oxygens (including phenoxy) is 1. The minimum atomic E-state index is -0.992. The molecule has 0 bridgehead atoms.